The van der Waals surface area contributed by atoms with Gasteiger partial charge in [-0.1, -0.05) is 18.6 Å². The molecule has 0 amide bonds. The maximum absolute atomic E-state index is 11.9. The number of piperidine rings is 1. The molecule has 0 saturated carbocycles. The number of carbonyl (C=O) groups is 1. The van der Waals surface area contributed by atoms with Crippen LogP contribution in [0.5, 0.6) is 5.75 Å². The molecule has 2 rings (SSSR count). The van der Waals surface area contributed by atoms with E-state index in [9.17, 15) is 4.79 Å². The average Bonchev–Trinajstić information content (AvgIpc) is 2.52. The van der Waals surface area contributed by atoms with Crippen LogP contribution >= 0.6 is 0 Å². The highest BCUT2D eigenvalue weighted by Gasteiger charge is 2.13. The first-order valence-corrected chi connectivity index (χ1v) is 7.66. The smallest absolute Gasteiger partial charge is 0.133 e. The standard InChI is InChI=1S/C17H25NO2/c1-20-17-11-6-14(7-12-17)5-9-16(19)10-8-15-4-2-3-13-18-15/h6-7,11-12,15,18H,2-5,8-10,13H2,1H3. The lowest BCUT2D eigenvalue weighted by Crippen LogP contribution is -2.34. The van der Waals surface area contributed by atoms with Gasteiger partial charge in [0.2, 0.25) is 0 Å². The fraction of sp³-hybridized carbons (Fsp3) is 0.588. The summed E-state index contributed by atoms with van der Waals surface area (Å²) in [7, 11) is 1.66. The Kier molecular flexibility index (Phi) is 6.06. The molecule has 110 valence electrons. The van der Waals surface area contributed by atoms with Crippen LogP contribution in [0.4, 0.5) is 0 Å². The van der Waals surface area contributed by atoms with Crippen LogP contribution in [0, 0.1) is 0 Å². The molecular formula is C17H25NO2. The maximum Gasteiger partial charge on any atom is 0.133 e. The number of ether oxygens (including phenoxy) is 1. The Morgan fingerprint density at radius 1 is 1.25 bits per heavy atom. The van der Waals surface area contributed by atoms with Gasteiger partial charge >= 0.3 is 0 Å². The van der Waals surface area contributed by atoms with Gasteiger partial charge in [-0.05, 0) is 49.9 Å². The number of ketones is 1. The highest BCUT2D eigenvalue weighted by atomic mass is 16.5. The first-order valence-electron chi connectivity index (χ1n) is 7.66. The van der Waals surface area contributed by atoms with Crippen molar-refractivity contribution in [1.82, 2.24) is 5.32 Å². The van der Waals surface area contributed by atoms with Gasteiger partial charge in [-0.2, -0.15) is 0 Å². The number of Topliss-reactive ketones (excluding diaryl/α,β-unsaturated/α-hetero) is 1. The van der Waals surface area contributed by atoms with Crippen LogP contribution in [0.2, 0.25) is 0 Å². The van der Waals surface area contributed by atoms with Crippen LogP contribution < -0.4 is 10.1 Å². The van der Waals surface area contributed by atoms with E-state index >= 15 is 0 Å². The quantitative estimate of drug-likeness (QED) is 0.831. The Balaban J connectivity index is 1.66. The van der Waals surface area contributed by atoms with Crippen molar-refractivity contribution in [3.8, 4) is 5.75 Å². The summed E-state index contributed by atoms with van der Waals surface area (Å²) in [5, 5.41) is 3.49. The molecular weight excluding hydrogens is 250 g/mol. The SMILES string of the molecule is COc1ccc(CCC(=O)CCC2CCCCN2)cc1. The minimum absolute atomic E-state index is 0.383. The maximum atomic E-state index is 11.9. The van der Waals surface area contributed by atoms with Crippen molar-refractivity contribution in [3.05, 3.63) is 29.8 Å². The van der Waals surface area contributed by atoms with Crippen molar-refractivity contribution in [1.29, 1.82) is 0 Å². The summed E-state index contributed by atoms with van der Waals surface area (Å²) in [5.74, 6) is 1.25. The largest absolute Gasteiger partial charge is 0.497 e. The van der Waals surface area contributed by atoms with Crippen LogP contribution in [0.25, 0.3) is 0 Å². The fourth-order valence-corrected chi connectivity index (χ4v) is 2.71. The second-order valence-corrected chi connectivity index (χ2v) is 5.57. The zero-order valence-electron chi connectivity index (χ0n) is 12.4. The number of carbonyl (C=O) groups excluding carboxylic acids is 1. The molecule has 1 unspecified atom stereocenters. The lowest BCUT2D eigenvalue weighted by molar-refractivity contribution is -0.119. The molecule has 0 spiro atoms. The monoisotopic (exact) mass is 275 g/mol. The van der Waals surface area contributed by atoms with Gasteiger partial charge in [-0.15, -0.1) is 0 Å². The van der Waals surface area contributed by atoms with Gasteiger partial charge in [0.1, 0.15) is 11.5 Å². The molecule has 1 atom stereocenters. The van der Waals surface area contributed by atoms with Crippen LogP contribution in [0.3, 0.4) is 0 Å². The molecule has 0 aliphatic carbocycles. The zero-order valence-corrected chi connectivity index (χ0v) is 12.4. The molecule has 0 radical (unpaired) electrons. The van der Waals surface area contributed by atoms with E-state index in [0.717, 1.165) is 25.1 Å². The van der Waals surface area contributed by atoms with E-state index in [1.807, 2.05) is 24.3 Å². The van der Waals surface area contributed by atoms with E-state index in [1.54, 1.807) is 7.11 Å². The second kappa shape index (κ2) is 8.05. The molecule has 1 heterocycles. The zero-order chi connectivity index (χ0) is 14.2. The summed E-state index contributed by atoms with van der Waals surface area (Å²) in [4.78, 5) is 11.9. The molecule has 1 N–H and O–H groups in total. The first-order chi connectivity index (χ1) is 9.78. The first kappa shape index (κ1) is 15.0. The van der Waals surface area contributed by atoms with Crippen molar-refractivity contribution in [3.63, 3.8) is 0 Å². The van der Waals surface area contributed by atoms with Crippen LogP contribution in [0.1, 0.15) is 44.1 Å². The lowest BCUT2D eigenvalue weighted by atomic mass is 9.97. The normalized spacial score (nSPS) is 18.8. The Morgan fingerprint density at radius 2 is 2.05 bits per heavy atom. The van der Waals surface area contributed by atoms with Gasteiger partial charge in [-0.25, -0.2) is 0 Å². The number of aryl methyl sites for hydroxylation is 1. The number of nitrogens with one attached hydrogen (secondary N) is 1. The summed E-state index contributed by atoms with van der Waals surface area (Å²) in [6.45, 7) is 1.12. The fourth-order valence-electron chi connectivity index (χ4n) is 2.71. The third kappa shape index (κ3) is 4.97. The summed E-state index contributed by atoms with van der Waals surface area (Å²) < 4.78 is 5.13. The molecule has 0 aromatic heterocycles. The molecule has 1 fully saturated rings. The summed E-state index contributed by atoms with van der Waals surface area (Å²) in [5.41, 5.74) is 1.20. The molecule has 3 heteroatoms. The number of benzene rings is 1. The number of hydrogen-bond acceptors (Lipinski definition) is 3. The highest BCUT2D eigenvalue weighted by Crippen LogP contribution is 2.15. The van der Waals surface area contributed by atoms with E-state index in [4.69, 9.17) is 4.74 Å². The molecule has 1 aliphatic heterocycles. The molecule has 3 nitrogen and oxygen atoms in total. The van der Waals surface area contributed by atoms with Crippen LogP contribution in [-0.4, -0.2) is 25.5 Å². The van der Waals surface area contributed by atoms with Gasteiger partial charge in [-0.3, -0.25) is 4.79 Å². The average molecular weight is 275 g/mol. The van der Waals surface area contributed by atoms with Crippen molar-refractivity contribution in [2.45, 2.75) is 51.0 Å². The van der Waals surface area contributed by atoms with Crippen molar-refractivity contribution in [2.24, 2.45) is 0 Å². The molecule has 1 aromatic carbocycles. The highest BCUT2D eigenvalue weighted by molar-refractivity contribution is 5.78. The van der Waals surface area contributed by atoms with Crippen molar-refractivity contribution < 1.29 is 9.53 Å². The number of hydrogen-bond donors (Lipinski definition) is 1. The molecule has 0 bridgehead atoms. The second-order valence-electron chi connectivity index (χ2n) is 5.57. The third-order valence-corrected chi connectivity index (χ3v) is 4.04. The summed E-state index contributed by atoms with van der Waals surface area (Å²) in [6, 6.07) is 8.54. The predicted octanol–water partition coefficient (Wildman–Crippen LogP) is 3.12. The summed E-state index contributed by atoms with van der Waals surface area (Å²) >= 11 is 0. The van der Waals surface area contributed by atoms with E-state index < -0.39 is 0 Å². The molecule has 1 aliphatic rings. The van der Waals surface area contributed by atoms with Gasteiger partial charge < -0.3 is 10.1 Å². The van der Waals surface area contributed by atoms with Crippen molar-refractivity contribution >= 4 is 5.78 Å². The van der Waals surface area contributed by atoms with Crippen LogP contribution in [0.15, 0.2) is 24.3 Å². The third-order valence-electron chi connectivity index (χ3n) is 4.04. The number of rotatable bonds is 7. The van der Waals surface area contributed by atoms with E-state index in [1.165, 1.54) is 24.8 Å². The van der Waals surface area contributed by atoms with Crippen molar-refractivity contribution in [2.75, 3.05) is 13.7 Å². The Labute approximate surface area is 121 Å². The molecule has 20 heavy (non-hydrogen) atoms. The summed E-state index contributed by atoms with van der Waals surface area (Å²) in [6.07, 6.45) is 7.01. The van der Waals surface area contributed by atoms with Gasteiger partial charge in [0, 0.05) is 18.9 Å². The molecule has 1 aromatic rings. The minimum atomic E-state index is 0.383. The Hall–Kier alpha value is -1.35. The van der Waals surface area contributed by atoms with E-state index in [2.05, 4.69) is 5.32 Å². The van der Waals surface area contributed by atoms with Gasteiger partial charge in [0.15, 0.2) is 0 Å². The Bertz CT molecular complexity index is 408. The van der Waals surface area contributed by atoms with Gasteiger partial charge in [0.25, 0.3) is 0 Å². The topological polar surface area (TPSA) is 38.3 Å². The predicted molar refractivity (Wildman–Crippen MR) is 81.2 cm³/mol. The minimum Gasteiger partial charge on any atom is -0.497 e. The van der Waals surface area contributed by atoms with E-state index in [-0.39, 0.29) is 0 Å². The molecule has 1 saturated heterocycles. The number of methoxy groups -OCH3 is 1. The Morgan fingerprint density at radius 3 is 2.70 bits per heavy atom. The van der Waals surface area contributed by atoms with E-state index in [0.29, 0.717) is 24.7 Å². The van der Waals surface area contributed by atoms with Crippen LogP contribution in [-0.2, 0) is 11.2 Å². The van der Waals surface area contributed by atoms with Gasteiger partial charge in [0.05, 0.1) is 7.11 Å². The lowest BCUT2D eigenvalue weighted by Gasteiger charge is -2.22.